The van der Waals surface area contributed by atoms with Gasteiger partial charge in [-0.2, -0.15) is 0 Å². The minimum atomic E-state index is -0.145. The van der Waals surface area contributed by atoms with Crippen LogP contribution in [0.25, 0.3) is 0 Å². The molecule has 0 aromatic heterocycles. The first-order valence-corrected chi connectivity index (χ1v) is 6.90. The van der Waals surface area contributed by atoms with Gasteiger partial charge in [-0.3, -0.25) is 4.90 Å². The molecule has 1 aliphatic rings. The fraction of sp³-hybridized carbons (Fsp3) is 0.538. The van der Waals surface area contributed by atoms with Crippen molar-refractivity contribution in [1.82, 2.24) is 10.2 Å². The lowest BCUT2D eigenvalue weighted by Crippen LogP contribution is -2.49. The Morgan fingerprint density at radius 2 is 2.39 bits per heavy atom. The molecule has 0 saturated carbocycles. The van der Waals surface area contributed by atoms with E-state index in [4.69, 9.17) is 4.74 Å². The molecule has 1 aromatic carbocycles. The first kappa shape index (κ1) is 13.9. The molecule has 1 fully saturated rings. The van der Waals surface area contributed by atoms with Crippen molar-refractivity contribution in [1.29, 1.82) is 0 Å². The van der Waals surface area contributed by atoms with Crippen molar-refractivity contribution in [2.24, 2.45) is 0 Å². The van der Waals surface area contributed by atoms with Crippen LogP contribution in [-0.4, -0.2) is 44.3 Å². The van der Waals surface area contributed by atoms with Gasteiger partial charge in [-0.25, -0.2) is 4.39 Å². The van der Waals surface area contributed by atoms with Crippen LogP contribution in [-0.2, 0) is 11.3 Å². The molecule has 0 bridgehead atoms. The van der Waals surface area contributed by atoms with Crippen LogP contribution in [0, 0.1) is 5.82 Å². The molecule has 1 atom stereocenters. The Hall–Kier alpha value is -0.490. The van der Waals surface area contributed by atoms with Crippen LogP contribution in [0.1, 0.15) is 5.56 Å². The third kappa shape index (κ3) is 3.51. The van der Waals surface area contributed by atoms with Crippen molar-refractivity contribution in [2.75, 3.05) is 33.4 Å². The number of benzene rings is 1. The highest BCUT2D eigenvalue weighted by Gasteiger charge is 2.23. The number of morpholine rings is 1. The van der Waals surface area contributed by atoms with E-state index in [1.165, 1.54) is 6.07 Å². The Labute approximate surface area is 115 Å². The first-order chi connectivity index (χ1) is 8.70. The van der Waals surface area contributed by atoms with Gasteiger partial charge in [0.2, 0.25) is 0 Å². The predicted octanol–water partition coefficient (Wildman–Crippen LogP) is 2.01. The number of nitrogens with one attached hydrogen (secondary N) is 1. The summed E-state index contributed by atoms with van der Waals surface area (Å²) in [5.41, 5.74) is 0.729. The van der Waals surface area contributed by atoms with Crippen molar-refractivity contribution in [3.05, 3.63) is 34.1 Å². The zero-order chi connectivity index (χ0) is 13.0. The first-order valence-electron chi connectivity index (χ1n) is 6.11. The predicted molar refractivity (Wildman–Crippen MR) is 73.0 cm³/mol. The lowest BCUT2D eigenvalue weighted by atomic mass is 10.1. The summed E-state index contributed by atoms with van der Waals surface area (Å²) in [6.45, 7) is 3.75. The summed E-state index contributed by atoms with van der Waals surface area (Å²) in [6.07, 6.45) is 0. The molecule has 0 amide bonds. The summed E-state index contributed by atoms with van der Waals surface area (Å²) in [5, 5.41) is 3.15. The van der Waals surface area contributed by atoms with Crippen molar-refractivity contribution in [3.8, 4) is 0 Å². The average Bonchev–Trinajstić information content (AvgIpc) is 2.36. The molecular formula is C13H18BrFN2O. The smallest absolute Gasteiger partial charge is 0.127 e. The molecule has 1 saturated heterocycles. The molecule has 2 rings (SSSR count). The fourth-order valence-electron chi connectivity index (χ4n) is 2.20. The maximum absolute atomic E-state index is 13.7. The summed E-state index contributed by atoms with van der Waals surface area (Å²) >= 11 is 3.38. The van der Waals surface area contributed by atoms with Gasteiger partial charge >= 0.3 is 0 Å². The van der Waals surface area contributed by atoms with Gasteiger partial charge in [-0.05, 0) is 25.2 Å². The third-order valence-corrected chi connectivity index (χ3v) is 3.66. The molecular weight excluding hydrogens is 299 g/mol. The minimum Gasteiger partial charge on any atom is -0.378 e. The Morgan fingerprint density at radius 1 is 1.56 bits per heavy atom. The molecule has 1 aliphatic heterocycles. The van der Waals surface area contributed by atoms with E-state index in [9.17, 15) is 4.39 Å². The van der Waals surface area contributed by atoms with Crippen molar-refractivity contribution >= 4 is 15.9 Å². The Morgan fingerprint density at radius 3 is 3.17 bits per heavy atom. The quantitative estimate of drug-likeness (QED) is 0.919. The van der Waals surface area contributed by atoms with Crippen molar-refractivity contribution < 1.29 is 9.13 Å². The molecule has 1 N–H and O–H groups in total. The highest BCUT2D eigenvalue weighted by Crippen LogP contribution is 2.19. The number of hydrogen-bond donors (Lipinski definition) is 1. The van der Waals surface area contributed by atoms with E-state index < -0.39 is 0 Å². The van der Waals surface area contributed by atoms with E-state index in [1.54, 1.807) is 6.07 Å². The number of hydrogen-bond acceptors (Lipinski definition) is 3. The van der Waals surface area contributed by atoms with Gasteiger partial charge in [0.05, 0.1) is 13.2 Å². The molecule has 0 radical (unpaired) electrons. The van der Waals surface area contributed by atoms with E-state index in [-0.39, 0.29) is 5.82 Å². The van der Waals surface area contributed by atoms with Crippen LogP contribution in [0.2, 0.25) is 0 Å². The SMILES string of the molecule is CNCC1COCCN1Cc1cc(Br)ccc1F. The molecule has 18 heavy (non-hydrogen) atoms. The van der Waals surface area contributed by atoms with E-state index >= 15 is 0 Å². The van der Waals surface area contributed by atoms with E-state index in [0.717, 1.165) is 29.7 Å². The summed E-state index contributed by atoms with van der Waals surface area (Å²) in [7, 11) is 1.92. The number of halogens is 2. The van der Waals surface area contributed by atoms with Gasteiger partial charge in [-0.15, -0.1) is 0 Å². The monoisotopic (exact) mass is 316 g/mol. The fourth-order valence-corrected chi connectivity index (χ4v) is 2.61. The zero-order valence-corrected chi connectivity index (χ0v) is 12.0. The number of nitrogens with zero attached hydrogens (tertiary/aromatic N) is 1. The zero-order valence-electron chi connectivity index (χ0n) is 10.5. The van der Waals surface area contributed by atoms with Gasteiger partial charge < -0.3 is 10.1 Å². The summed E-state index contributed by atoms with van der Waals surface area (Å²) in [5.74, 6) is -0.145. The van der Waals surface area contributed by atoms with Crippen molar-refractivity contribution in [3.63, 3.8) is 0 Å². The van der Waals surface area contributed by atoms with Crippen LogP contribution < -0.4 is 5.32 Å². The number of likely N-dealkylation sites (N-methyl/N-ethyl adjacent to an activating group) is 1. The van der Waals surface area contributed by atoms with Gasteiger partial charge in [-0.1, -0.05) is 15.9 Å². The Bertz CT molecular complexity index is 401. The van der Waals surface area contributed by atoms with E-state index in [0.29, 0.717) is 19.2 Å². The topological polar surface area (TPSA) is 24.5 Å². The third-order valence-electron chi connectivity index (χ3n) is 3.17. The summed E-state index contributed by atoms with van der Waals surface area (Å²) in [4.78, 5) is 2.27. The van der Waals surface area contributed by atoms with E-state index in [2.05, 4.69) is 26.1 Å². The second-order valence-electron chi connectivity index (χ2n) is 4.49. The molecule has 0 spiro atoms. The largest absolute Gasteiger partial charge is 0.378 e. The molecule has 1 heterocycles. The molecule has 3 nitrogen and oxygen atoms in total. The second kappa shape index (κ2) is 6.61. The summed E-state index contributed by atoms with van der Waals surface area (Å²) in [6, 6.07) is 5.39. The van der Waals surface area contributed by atoms with Gasteiger partial charge in [0.15, 0.2) is 0 Å². The van der Waals surface area contributed by atoms with Crippen molar-refractivity contribution in [2.45, 2.75) is 12.6 Å². The lowest BCUT2D eigenvalue weighted by Gasteiger charge is -2.35. The van der Waals surface area contributed by atoms with Gasteiger partial charge in [0, 0.05) is 35.7 Å². The van der Waals surface area contributed by atoms with Crippen LogP contribution >= 0.6 is 15.9 Å². The molecule has 1 unspecified atom stereocenters. The number of ether oxygens (including phenoxy) is 1. The minimum absolute atomic E-state index is 0.145. The van der Waals surface area contributed by atoms with Crippen LogP contribution in [0.5, 0.6) is 0 Å². The molecule has 5 heteroatoms. The highest BCUT2D eigenvalue weighted by molar-refractivity contribution is 9.10. The average molecular weight is 317 g/mol. The molecule has 0 aliphatic carbocycles. The van der Waals surface area contributed by atoms with Crippen LogP contribution in [0.15, 0.2) is 22.7 Å². The Balaban J connectivity index is 2.08. The summed E-state index contributed by atoms with van der Waals surface area (Å²) < 4.78 is 20.1. The maximum atomic E-state index is 13.7. The van der Waals surface area contributed by atoms with Crippen LogP contribution in [0.3, 0.4) is 0 Å². The molecule has 100 valence electrons. The lowest BCUT2D eigenvalue weighted by molar-refractivity contribution is -0.0107. The standard InChI is InChI=1S/C13H18BrFN2O/c1-16-7-12-9-18-5-4-17(12)8-10-6-11(14)2-3-13(10)15/h2-3,6,12,16H,4-5,7-9H2,1H3. The second-order valence-corrected chi connectivity index (χ2v) is 5.41. The Kier molecular flexibility index (Phi) is 5.12. The van der Waals surface area contributed by atoms with Gasteiger partial charge in [0.1, 0.15) is 5.82 Å². The maximum Gasteiger partial charge on any atom is 0.127 e. The highest BCUT2D eigenvalue weighted by atomic mass is 79.9. The van der Waals surface area contributed by atoms with Crippen LogP contribution in [0.4, 0.5) is 4.39 Å². The normalized spacial score (nSPS) is 21.2. The van der Waals surface area contributed by atoms with E-state index in [1.807, 2.05) is 13.1 Å². The van der Waals surface area contributed by atoms with Gasteiger partial charge in [0.25, 0.3) is 0 Å². The number of rotatable bonds is 4. The molecule has 1 aromatic rings.